The number of fused-ring (bicyclic) bond motifs is 4. The lowest BCUT2D eigenvalue weighted by molar-refractivity contribution is -0.118. The molecule has 4 N–H and O–H groups in total. The minimum Gasteiger partial charge on any atom is -0.384 e. The van der Waals surface area contributed by atoms with E-state index in [1.54, 1.807) is 4.68 Å². The van der Waals surface area contributed by atoms with Crippen LogP contribution in [-0.2, 0) is 10.2 Å². The molecule has 0 bridgehead atoms. The van der Waals surface area contributed by atoms with E-state index in [0.717, 1.165) is 11.3 Å². The molecule has 142 valence electrons. The molecule has 1 spiro atoms. The summed E-state index contributed by atoms with van der Waals surface area (Å²) in [4.78, 5) is 13.4. The lowest BCUT2D eigenvalue weighted by atomic mass is 9.68. The Hall–Kier alpha value is -4.05. The van der Waals surface area contributed by atoms with Crippen LogP contribution in [-0.4, -0.2) is 15.7 Å². The summed E-state index contributed by atoms with van der Waals surface area (Å²) in [5.41, 5.74) is 9.78. The van der Waals surface area contributed by atoms with Crippen LogP contribution in [0.2, 0.25) is 0 Å². The summed E-state index contributed by atoms with van der Waals surface area (Å²) >= 11 is 0. The van der Waals surface area contributed by atoms with Crippen LogP contribution in [0.4, 0.5) is 11.5 Å². The van der Waals surface area contributed by atoms with Crippen LogP contribution in [0.15, 0.2) is 59.9 Å². The minimum atomic E-state index is -1.33. The molecule has 1 atom stereocenters. The third kappa shape index (κ3) is 2.05. The van der Waals surface area contributed by atoms with E-state index >= 15 is 0 Å². The molecule has 7 nitrogen and oxygen atoms in total. The minimum absolute atomic E-state index is 0.153. The van der Waals surface area contributed by atoms with Crippen LogP contribution >= 0.6 is 0 Å². The maximum Gasteiger partial charge on any atom is 0.245 e. The Morgan fingerprint density at radius 3 is 2.55 bits per heavy atom. The first-order valence-corrected chi connectivity index (χ1v) is 9.24. The Labute approximate surface area is 167 Å². The molecule has 2 aromatic carbocycles. The maximum atomic E-state index is 13.4. The molecular formula is C22H18N6O. The number of rotatable bonds is 1. The van der Waals surface area contributed by atoms with Gasteiger partial charge in [-0.1, -0.05) is 35.9 Å². The van der Waals surface area contributed by atoms with Crippen molar-refractivity contribution in [2.75, 3.05) is 10.6 Å². The molecule has 7 heteroatoms. The number of anilines is 2. The van der Waals surface area contributed by atoms with Gasteiger partial charge in [0, 0.05) is 16.8 Å². The van der Waals surface area contributed by atoms with Crippen molar-refractivity contribution in [2.45, 2.75) is 19.3 Å². The van der Waals surface area contributed by atoms with Gasteiger partial charge in [-0.25, -0.2) is 4.68 Å². The number of nitrogens with zero attached hydrogens (tertiary/aromatic N) is 3. The molecule has 0 fully saturated rings. The standard InChI is InChI=1S/C22H18N6O/c1-12-7-9-14(10-8-12)28-20-18(13(2)27-28)22(16(11-23)19(24)26-20)15-5-3-4-6-17(15)25-21(22)29/h3-10,26H,24H2,1-2H3,(H,25,29). The van der Waals surface area contributed by atoms with Crippen LogP contribution < -0.4 is 16.4 Å². The quantitative estimate of drug-likeness (QED) is 0.600. The number of nitrogens with one attached hydrogen (secondary N) is 2. The molecule has 0 aliphatic carbocycles. The molecule has 3 heterocycles. The highest BCUT2D eigenvalue weighted by Gasteiger charge is 2.57. The van der Waals surface area contributed by atoms with Crippen molar-refractivity contribution < 1.29 is 4.79 Å². The van der Waals surface area contributed by atoms with Gasteiger partial charge >= 0.3 is 0 Å². The van der Waals surface area contributed by atoms with Crippen LogP contribution in [0.1, 0.15) is 22.4 Å². The molecule has 29 heavy (non-hydrogen) atoms. The second kappa shape index (κ2) is 5.72. The van der Waals surface area contributed by atoms with Gasteiger partial charge in [0.2, 0.25) is 5.91 Å². The average molecular weight is 382 g/mol. The van der Waals surface area contributed by atoms with E-state index in [0.29, 0.717) is 28.3 Å². The number of hydrogen-bond acceptors (Lipinski definition) is 5. The number of amides is 1. The first-order valence-electron chi connectivity index (χ1n) is 9.24. The van der Waals surface area contributed by atoms with E-state index in [1.165, 1.54) is 0 Å². The largest absolute Gasteiger partial charge is 0.384 e. The highest BCUT2D eigenvalue weighted by Crippen LogP contribution is 2.53. The number of carbonyl (C=O) groups excluding carboxylic acids is 1. The van der Waals surface area contributed by atoms with E-state index in [9.17, 15) is 10.1 Å². The average Bonchev–Trinajstić information content (AvgIpc) is 3.18. The van der Waals surface area contributed by atoms with Crippen LogP contribution in [0.3, 0.4) is 0 Å². The second-order valence-corrected chi connectivity index (χ2v) is 7.33. The molecule has 1 aromatic heterocycles. The topological polar surface area (TPSA) is 109 Å². The first-order chi connectivity index (χ1) is 14.0. The van der Waals surface area contributed by atoms with Crippen molar-refractivity contribution in [1.29, 1.82) is 5.26 Å². The van der Waals surface area contributed by atoms with E-state index in [-0.39, 0.29) is 17.3 Å². The van der Waals surface area contributed by atoms with Crippen molar-refractivity contribution in [2.24, 2.45) is 5.73 Å². The van der Waals surface area contributed by atoms with Gasteiger partial charge in [-0.15, -0.1) is 0 Å². The zero-order valence-electron chi connectivity index (χ0n) is 15.9. The molecule has 2 aliphatic rings. The summed E-state index contributed by atoms with van der Waals surface area (Å²) in [7, 11) is 0. The highest BCUT2D eigenvalue weighted by atomic mass is 16.2. The number of nitriles is 1. The summed E-state index contributed by atoms with van der Waals surface area (Å²) < 4.78 is 1.74. The monoisotopic (exact) mass is 382 g/mol. The van der Waals surface area contributed by atoms with Gasteiger partial charge < -0.3 is 16.4 Å². The van der Waals surface area contributed by atoms with Crippen molar-refractivity contribution in [1.82, 2.24) is 9.78 Å². The van der Waals surface area contributed by atoms with Gasteiger partial charge in [0.1, 0.15) is 23.1 Å². The predicted molar refractivity (Wildman–Crippen MR) is 109 cm³/mol. The zero-order chi connectivity index (χ0) is 20.3. The van der Waals surface area contributed by atoms with E-state index in [4.69, 9.17) is 10.8 Å². The van der Waals surface area contributed by atoms with Crippen LogP contribution in [0, 0.1) is 25.2 Å². The third-order valence-corrected chi connectivity index (χ3v) is 5.64. The summed E-state index contributed by atoms with van der Waals surface area (Å²) in [6.45, 7) is 3.86. The molecule has 2 aliphatic heterocycles. The normalized spacial score (nSPS) is 19.4. The molecular weight excluding hydrogens is 364 g/mol. The van der Waals surface area contributed by atoms with E-state index in [2.05, 4.69) is 16.7 Å². The Bertz CT molecular complexity index is 1260. The van der Waals surface area contributed by atoms with Gasteiger partial charge in [-0.05, 0) is 32.0 Å². The number of carbonyl (C=O) groups is 1. The Morgan fingerprint density at radius 1 is 1.10 bits per heavy atom. The number of aryl methyl sites for hydroxylation is 2. The van der Waals surface area contributed by atoms with Crippen molar-refractivity contribution in [3.8, 4) is 11.8 Å². The fraction of sp³-hybridized carbons (Fsp3) is 0.136. The predicted octanol–water partition coefficient (Wildman–Crippen LogP) is 2.85. The van der Waals surface area contributed by atoms with Gasteiger partial charge in [0.15, 0.2) is 0 Å². The summed E-state index contributed by atoms with van der Waals surface area (Å²) in [6.07, 6.45) is 0. The molecule has 1 amide bonds. The van der Waals surface area contributed by atoms with Gasteiger partial charge in [-0.2, -0.15) is 10.4 Å². The zero-order valence-corrected chi connectivity index (χ0v) is 15.9. The number of nitrogens with two attached hydrogens (primary N) is 1. The fourth-order valence-electron chi connectivity index (χ4n) is 4.38. The Kier molecular flexibility index (Phi) is 3.37. The third-order valence-electron chi connectivity index (χ3n) is 5.64. The van der Waals surface area contributed by atoms with Gasteiger partial charge in [0.05, 0.1) is 17.0 Å². The first kappa shape index (κ1) is 17.1. The van der Waals surface area contributed by atoms with Gasteiger partial charge in [0.25, 0.3) is 0 Å². The van der Waals surface area contributed by atoms with Crippen LogP contribution in [0.5, 0.6) is 0 Å². The molecule has 0 saturated carbocycles. The van der Waals surface area contributed by atoms with Crippen molar-refractivity contribution in [3.05, 3.63) is 82.3 Å². The van der Waals surface area contributed by atoms with Crippen molar-refractivity contribution in [3.63, 3.8) is 0 Å². The smallest absolute Gasteiger partial charge is 0.245 e. The highest BCUT2D eigenvalue weighted by molar-refractivity contribution is 6.13. The summed E-state index contributed by atoms with van der Waals surface area (Å²) in [5, 5.41) is 20.7. The number of hydrogen-bond donors (Lipinski definition) is 3. The maximum absolute atomic E-state index is 13.4. The Morgan fingerprint density at radius 2 is 1.83 bits per heavy atom. The summed E-state index contributed by atoms with van der Waals surface area (Å²) in [5.74, 6) is 0.447. The number of benzene rings is 2. The Balaban J connectivity index is 1.87. The van der Waals surface area contributed by atoms with Crippen LogP contribution in [0.25, 0.3) is 5.69 Å². The molecule has 1 unspecified atom stereocenters. The molecule has 5 rings (SSSR count). The van der Waals surface area contributed by atoms with Gasteiger partial charge in [-0.3, -0.25) is 4.79 Å². The van der Waals surface area contributed by atoms with E-state index < -0.39 is 5.41 Å². The van der Waals surface area contributed by atoms with E-state index in [1.807, 2.05) is 62.4 Å². The molecule has 3 aromatic rings. The van der Waals surface area contributed by atoms with Crippen molar-refractivity contribution >= 4 is 17.4 Å². The number of para-hydroxylation sites is 1. The fourth-order valence-corrected chi connectivity index (χ4v) is 4.38. The molecule has 0 saturated heterocycles. The molecule has 0 radical (unpaired) electrons. The lowest BCUT2D eigenvalue weighted by Crippen LogP contribution is -2.43. The second-order valence-electron chi connectivity index (χ2n) is 7.33. The number of aromatic nitrogens is 2. The summed E-state index contributed by atoms with van der Waals surface area (Å²) in [6, 6.07) is 17.5. The lowest BCUT2D eigenvalue weighted by Gasteiger charge is -2.33. The SMILES string of the molecule is Cc1ccc(-n2nc(C)c3c2NC(N)=C(C#N)C32C(=O)Nc3ccccc32)cc1.